The number of H-pyrrole nitrogens is 1. The summed E-state index contributed by atoms with van der Waals surface area (Å²) in [5.41, 5.74) is 4.46. The fraction of sp³-hybridized carbons (Fsp3) is 0.429. The molecule has 1 aromatic heterocycles. The minimum absolute atomic E-state index is 0.558. The molecule has 2 aliphatic rings. The van der Waals surface area contributed by atoms with Gasteiger partial charge in [0.25, 0.3) is 0 Å². The number of fused-ring (bicyclic) bond motifs is 4. The van der Waals surface area contributed by atoms with Gasteiger partial charge < -0.3 is 20.1 Å². The predicted molar refractivity (Wildman–Crippen MR) is 104 cm³/mol. The van der Waals surface area contributed by atoms with E-state index in [1.165, 1.54) is 55.5 Å². The molecule has 2 heterocycles. The Morgan fingerprint density at radius 3 is 2.52 bits per heavy atom. The maximum atomic E-state index is 9.55. The molecular weight excluding hydrogens is 344 g/mol. The normalized spacial score (nSPS) is 22.0. The summed E-state index contributed by atoms with van der Waals surface area (Å²) >= 11 is 0. The molecule has 0 unspecified atom stereocenters. The molecule has 1 saturated heterocycles. The summed E-state index contributed by atoms with van der Waals surface area (Å²) in [5, 5.41) is 17.1. The van der Waals surface area contributed by atoms with Crippen LogP contribution in [0.2, 0.25) is 0 Å². The Morgan fingerprint density at radius 2 is 1.85 bits per heavy atom. The molecule has 3 N–H and O–H groups in total. The van der Waals surface area contributed by atoms with Crippen molar-refractivity contribution in [3.8, 4) is 0 Å². The average Bonchev–Trinajstić information content (AvgIpc) is 3.02. The number of hydrogen-bond acceptors (Lipinski definition) is 3. The number of aliphatic carboxylic acids is 2. The lowest BCUT2D eigenvalue weighted by atomic mass is 9.74. The third-order valence-electron chi connectivity index (χ3n) is 5.63. The average molecular weight is 370 g/mol. The van der Waals surface area contributed by atoms with Gasteiger partial charge in [0, 0.05) is 35.3 Å². The lowest BCUT2D eigenvalue weighted by Gasteiger charge is -2.40. The first-order valence-corrected chi connectivity index (χ1v) is 9.42. The van der Waals surface area contributed by atoms with E-state index >= 15 is 0 Å². The van der Waals surface area contributed by atoms with Crippen LogP contribution in [0.3, 0.4) is 0 Å². The summed E-state index contributed by atoms with van der Waals surface area (Å²) in [7, 11) is 0. The molecule has 2 atom stereocenters. The molecule has 0 radical (unpaired) electrons. The van der Waals surface area contributed by atoms with Crippen molar-refractivity contribution < 1.29 is 19.8 Å². The first-order valence-electron chi connectivity index (χ1n) is 9.42. The quantitative estimate of drug-likeness (QED) is 0.722. The van der Waals surface area contributed by atoms with Crippen molar-refractivity contribution in [2.24, 2.45) is 11.8 Å². The summed E-state index contributed by atoms with van der Waals surface area (Å²) in [6.45, 7) is 6.11. The number of hydrogen-bond donors (Lipinski definition) is 3. The highest BCUT2D eigenvalue weighted by molar-refractivity contribution is 5.89. The van der Waals surface area contributed by atoms with Gasteiger partial charge in [-0.15, -0.1) is 0 Å². The SMILES string of the molecule is CCN1CC[C@H]2Cc3[nH]c4ccccc4c3C[C@H]2C1.O=C(O)C=CC(=O)O. The van der Waals surface area contributed by atoms with Crippen LogP contribution in [0.5, 0.6) is 0 Å². The molecule has 27 heavy (non-hydrogen) atoms. The molecule has 0 bridgehead atoms. The van der Waals surface area contributed by atoms with Crippen molar-refractivity contribution in [1.82, 2.24) is 9.88 Å². The summed E-state index contributed by atoms with van der Waals surface area (Å²) in [4.78, 5) is 25.4. The summed E-state index contributed by atoms with van der Waals surface area (Å²) in [6.07, 6.45) is 5.05. The topological polar surface area (TPSA) is 93.6 Å². The predicted octanol–water partition coefficient (Wildman–Crippen LogP) is 2.94. The fourth-order valence-electron chi connectivity index (χ4n) is 4.27. The Morgan fingerprint density at radius 1 is 1.15 bits per heavy atom. The van der Waals surface area contributed by atoms with Gasteiger partial charge >= 0.3 is 11.9 Å². The van der Waals surface area contributed by atoms with Crippen molar-refractivity contribution in [1.29, 1.82) is 0 Å². The zero-order valence-corrected chi connectivity index (χ0v) is 15.5. The molecule has 144 valence electrons. The van der Waals surface area contributed by atoms with Crippen LogP contribution in [0.25, 0.3) is 10.9 Å². The highest BCUT2D eigenvalue weighted by atomic mass is 16.4. The number of piperidine rings is 1. The molecular formula is C21H26N2O4. The molecule has 4 rings (SSSR count). The first-order chi connectivity index (χ1) is 13.0. The number of nitrogens with zero attached hydrogens (tertiary/aromatic N) is 1. The van der Waals surface area contributed by atoms with E-state index in [4.69, 9.17) is 10.2 Å². The Labute approximate surface area is 158 Å². The first kappa shape index (κ1) is 19.2. The van der Waals surface area contributed by atoms with E-state index in [2.05, 4.69) is 41.1 Å². The van der Waals surface area contributed by atoms with Crippen molar-refractivity contribution in [3.05, 3.63) is 47.7 Å². The number of carboxylic acid groups (broad SMARTS) is 2. The Bertz CT molecular complexity index is 839. The van der Waals surface area contributed by atoms with Gasteiger partial charge in [-0.25, -0.2) is 9.59 Å². The van der Waals surface area contributed by atoms with Crippen molar-refractivity contribution >= 4 is 22.8 Å². The van der Waals surface area contributed by atoms with Crippen molar-refractivity contribution in [3.63, 3.8) is 0 Å². The highest BCUT2D eigenvalue weighted by Gasteiger charge is 2.34. The molecule has 1 aliphatic carbocycles. The van der Waals surface area contributed by atoms with Crippen LogP contribution in [-0.4, -0.2) is 51.7 Å². The van der Waals surface area contributed by atoms with Crippen LogP contribution in [0, 0.1) is 11.8 Å². The number of rotatable bonds is 3. The third kappa shape index (κ3) is 4.57. The smallest absolute Gasteiger partial charge is 0.328 e. The van der Waals surface area contributed by atoms with E-state index in [9.17, 15) is 9.59 Å². The zero-order chi connectivity index (χ0) is 19.4. The van der Waals surface area contributed by atoms with E-state index in [1.807, 2.05) is 0 Å². The van der Waals surface area contributed by atoms with Crippen molar-refractivity contribution in [2.75, 3.05) is 19.6 Å². The van der Waals surface area contributed by atoms with Crippen LogP contribution < -0.4 is 0 Å². The number of para-hydroxylation sites is 1. The molecule has 6 heteroatoms. The second-order valence-electron chi connectivity index (χ2n) is 7.25. The van der Waals surface area contributed by atoms with Gasteiger partial charge in [0.05, 0.1) is 0 Å². The second kappa shape index (κ2) is 8.39. The standard InChI is InChI=1S/C17H22N2.C4H4O4/c1-2-19-8-7-12-10-17-15(9-13(12)11-19)14-5-3-4-6-16(14)18-17;5-3(6)1-2-4(7)8/h3-6,12-13,18H,2,7-11H2,1H3;1-2H,(H,5,6)(H,7,8)/t12-,13-;/m0./s1. The molecule has 1 fully saturated rings. The lowest BCUT2D eigenvalue weighted by Crippen LogP contribution is -2.43. The number of likely N-dealkylation sites (tertiary alicyclic amines) is 1. The summed E-state index contributed by atoms with van der Waals surface area (Å²) in [6, 6.07) is 8.80. The van der Waals surface area contributed by atoms with Crippen LogP contribution in [-0.2, 0) is 22.4 Å². The van der Waals surface area contributed by atoms with Gasteiger partial charge in [-0.2, -0.15) is 0 Å². The van der Waals surface area contributed by atoms with Gasteiger partial charge in [0.1, 0.15) is 0 Å². The van der Waals surface area contributed by atoms with Gasteiger partial charge in [-0.1, -0.05) is 25.1 Å². The largest absolute Gasteiger partial charge is 0.478 e. The summed E-state index contributed by atoms with van der Waals surface area (Å²) in [5.74, 6) is -0.733. The molecule has 1 aromatic carbocycles. The van der Waals surface area contributed by atoms with E-state index in [0.717, 1.165) is 11.8 Å². The number of aromatic amines is 1. The van der Waals surface area contributed by atoms with Gasteiger partial charge in [0.2, 0.25) is 0 Å². The van der Waals surface area contributed by atoms with Crippen LogP contribution in [0.4, 0.5) is 0 Å². The van der Waals surface area contributed by atoms with E-state index in [0.29, 0.717) is 12.2 Å². The molecule has 1 aliphatic heterocycles. The van der Waals surface area contributed by atoms with Crippen molar-refractivity contribution in [2.45, 2.75) is 26.2 Å². The maximum absolute atomic E-state index is 9.55. The minimum Gasteiger partial charge on any atom is -0.478 e. The highest BCUT2D eigenvalue weighted by Crippen LogP contribution is 2.38. The van der Waals surface area contributed by atoms with E-state index in [-0.39, 0.29) is 0 Å². The van der Waals surface area contributed by atoms with Crippen LogP contribution in [0.1, 0.15) is 24.6 Å². The maximum Gasteiger partial charge on any atom is 0.328 e. The molecule has 0 spiro atoms. The van der Waals surface area contributed by atoms with E-state index < -0.39 is 11.9 Å². The monoisotopic (exact) mass is 370 g/mol. The van der Waals surface area contributed by atoms with Crippen LogP contribution >= 0.6 is 0 Å². The number of carbonyl (C=O) groups is 2. The number of nitrogens with one attached hydrogen (secondary N) is 1. The third-order valence-corrected chi connectivity index (χ3v) is 5.63. The zero-order valence-electron chi connectivity index (χ0n) is 15.5. The molecule has 2 aromatic rings. The second-order valence-corrected chi connectivity index (χ2v) is 7.25. The lowest BCUT2D eigenvalue weighted by molar-refractivity contribution is -0.134. The van der Waals surface area contributed by atoms with E-state index in [1.54, 1.807) is 5.56 Å². The Balaban J connectivity index is 0.000000226. The molecule has 0 saturated carbocycles. The Hall–Kier alpha value is -2.60. The summed E-state index contributed by atoms with van der Waals surface area (Å²) < 4.78 is 0. The molecule has 0 amide bonds. The van der Waals surface area contributed by atoms with Gasteiger partial charge in [-0.3, -0.25) is 0 Å². The van der Waals surface area contributed by atoms with Crippen LogP contribution in [0.15, 0.2) is 36.4 Å². The number of carboxylic acids is 2. The van der Waals surface area contributed by atoms with Gasteiger partial charge in [0.15, 0.2) is 0 Å². The minimum atomic E-state index is -1.26. The Kier molecular flexibility index (Phi) is 5.96. The number of benzene rings is 1. The fourth-order valence-corrected chi connectivity index (χ4v) is 4.27. The number of aromatic nitrogens is 1. The molecule has 6 nitrogen and oxygen atoms in total. The van der Waals surface area contributed by atoms with Gasteiger partial charge in [-0.05, 0) is 55.8 Å².